The number of hydrogen-bond donors (Lipinski definition) is 1. The second kappa shape index (κ2) is 5.18. The average Bonchev–Trinajstić information content (AvgIpc) is 2.63. The summed E-state index contributed by atoms with van der Waals surface area (Å²) in [4.78, 5) is 12.3. The topological polar surface area (TPSA) is 51.5 Å². The van der Waals surface area contributed by atoms with Crippen LogP contribution in [-0.4, -0.2) is 13.0 Å². The van der Waals surface area contributed by atoms with E-state index in [0.29, 0.717) is 22.8 Å². The van der Waals surface area contributed by atoms with Crippen molar-refractivity contribution in [1.29, 1.82) is 0 Å². The van der Waals surface area contributed by atoms with Crippen LogP contribution >= 0.6 is 0 Å². The second-order valence-corrected chi connectivity index (χ2v) is 4.40. The molecule has 0 spiro atoms. The Labute approximate surface area is 112 Å². The van der Waals surface area contributed by atoms with Crippen molar-refractivity contribution in [1.82, 2.24) is 0 Å². The number of aryl methyl sites for hydroxylation is 2. The highest BCUT2D eigenvalue weighted by atomic mass is 16.5. The van der Waals surface area contributed by atoms with Gasteiger partial charge in [-0.2, -0.15) is 0 Å². The molecule has 0 fully saturated rings. The summed E-state index contributed by atoms with van der Waals surface area (Å²) in [6.07, 6.45) is 0. The first-order valence-electron chi connectivity index (χ1n) is 6.05. The van der Waals surface area contributed by atoms with E-state index in [1.165, 1.54) is 0 Å². The van der Waals surface area contributed by atoms with Gasteiger partial charge in [0.1, 0.15) is 17.3 Å². The Morgan fingerprint density at radius 1 is 1.21 bits per heavy atom. The van der Waals surface area contributed by atoms with Gasteiger partial charge in [0.2, 0.25) is 0 Å². The number of anilines is 1. The predicted molar refractivity (Wildman–Crippen MR) is 73.9 cm³/mol. The minimum atomic E-state index is -0.167. The lowest BCUT2D eigenvalue weighted by molar-refractivity contribution is 0.102. The minimum absolute atomic E-state index is 0.167. The van der Waals surface area contributed by atoms with E-state index >= 15 is 0 Å². The quantitative estimate of drug-likeness (QED) is 0.918. The van der Waals surface area contributed by atoms with Crippen LogP contribution in [0, 0.1) is 20.8 Å². The third-order valence-corrected chi connectivity index (χ3v) is 3.12. The molecule has 0 unspecified atom stereocenters. The minimum Gasteiger partial charge on any atom is -0.497 e. The van der Waals surface area contributed by atoms with Gasteiger partial charge in [-0.15, -0.1) is 0 Å². The molecule has 1 aromatic carbocycles. The van der Waals surface area contributed by atoms with Crippen LogP contribution in [0.2, 0.25) is 0 Å². The van der Waals surface area contributed by atoms with Gasteiger partial charge in [0.05, 0.1) is 12.7 Å². The Hall–Kier alpha value is -2.23. The van der Waals surface area contributed by atoms with Crippen LogP contribution in [0.3, 0.4) is 0 Å². The van der Waals surface area contributed by atoms with Crippen molar-refractivity contribution in [2.75, 3.05) is 12.4 Å². The molecular formula is C15H17NO3. The number of methoxy groups -OCH3 is 1. The highest BCUT2D eigenvalue weighted by Gasteiger charge is 2.18. The first kappa shape index (κ1) is 13.2. The van der Waals surface area contributed by atoms with Crippen LogP contribution in [0.1, 0.15) is 27.4 Å². The zero-order chi connectivity index (χ0) is 14.0. The van der Waals surface area contributed by atoms with Crippen molar-refractivity contribution >= 4 is 11.6 Å². The number of carbonyl (C=O) groups excluding carboxylic acids is 1. The molecule has 1 N–H and O–H groups in total. The van der Waals surface area contributed by atoms with Gasteiger partial charge >= 0.3 is 0 Å². The smallest absolute Gasteiger partial charge is 0.259 e. The predicted octanol–water partition coefficient (Wildman–Crippen LogP) is 3.47. The van der Waals surface area contributed by atoms with Gasteiger partial charge in [0.25, 0.3) is 5.91 Å². The number of ether oxygens (including phenoxy) is 1. The number of rotatable bonds is 3. The molecule has 0 saturated carbocycles. The third kappa shape index (κ3) is 2.62. The maximum Gasteiger partial charge on any atom is 0.259 e. The lowest BCUT2D eigenvalue weighted by Gasteiger charge is -2.07. The maximum atomic E-state index is 12.3. The Morgan fingerprint density at radius 2 is 1.95 bits per heavy atom. The van der Waals surface area contributed by atoms with Gasteiger partial charge < -0.3 is 14.5 Å². The van der Waals surface area contributed by atoms with E-state index in [4.69, 9.17) is 9.15 Å². The second-order valence-electron chi connectivity index (χ2n) is 4.40. The van der Waals surface area contributed by atoms with Crippen LogP contribution < -0.4 is 10.1 Å². The molecule has 0 bridgehead atoms. The number of furan rings is 1. The Kier molecular flexibility index (Phi) is 3.60. The zero-order valence-electron chi connectivity index (χ0n) is 11.5. The molecule has 4 nitrogen and oxygen atoms in total. The molecule has 1 heterocycles. The van der Waals surface area contributed by atoms with E-state index in [1.807, 2.05) is 32.0 Å². The van der Waals surface area contributed by atoms with Crippen LogP contribution in [0.4, 0.5) is 5.69 Å². The van der Waals surface area contributed by atoms with Gasteiger partial charge in [0, 0.05) is 17.3 Å². The normalized spacial score (nSPS) is 10.3. The van der Waals surface area contributed by atoms with Crippen molar-refractivity contribution in [3.8, 4) is 5.75 Å². The molecule has 19 heavy (non-hydrogen) atoms. The molecule has 2 aromatic rings. The molecule has 0 aliphatic heterocycles. The average molecular weight is 259 g/mol. The van der Waals surface area contributed by atoms with Crippen molar-refractivity contribution in [2.24, 2.45) is 0 Å². The van der Waals surface area contributed by atoms with Crippen molar-refractivity contribution in [3.05, 3.63) is 46.9 Å². The third-order valence-electron chi connectivity index (χ3n) is 3.12. The van der Waals surface area contributed by atoms with Crippen molar-refractivity contribution in [2.45, 2.75) is 20.8 Å². The standard InChI is InChI=1S/C15H17NO3/c1-9-10(2)19-11(3)14(9)15(17)16-12-6-5-7-13(8-12)18-4/h5-8H,1-4H3,(H,16,17). The largest absolute Gasteiger partial charge is 0.497 e. The van der Waals surface area contributed by atoms with Gasteiger partial charge in [-0.05, 0) is 32.9 Å². The van der Waals surface area contributed by atoms with Crippen LogP contribution in [-0.2, 0) is 0 Å². The van der Waals surface area contributed by atoms with E-state index in [-0.39, 0.29) is 5.91 Å². The summed E-state index contributed by atoms with van der Waals surface area (Å²) in [6, 6.07) is 7.25. The lowest BCUT2D eigenvalue weighted by atomic mass is 10.1. The highest BCUT2D eigenvalue weighted by Crippen LogP contribution is 2.23. The highest BCUT2D eigenvalue weighted by molar-refractivity contribution is 6.06. The molecule has 0 radical (unpaired) electrons. The summed E-state index contributed by atoms with van der Waals surface area (Å²) in [5.41, 5.74) is 2.17. The molecule has 4 heteroatoms. The van der Waals surface area contributed by atoms with Gasteiger partial charge in [-0.3, -0.25) is 4.79 Å². The number of carbonyl (C=O) groups is 1. The summed E-state index contributed by atoms with van der Waals surface area (Å²) in [5, 5.41) is 2.85. The first-order chi connectivity index (χ1) is 9.02. The molecule has 100 valence electrons. The van der Waals surface area contributed by atoms with Crippen LogP contribution in [0.15, 0.2) is 28.7 Å². The monoisotopic (exact) mass is 259 g/mol. The fraction of sp³-hybridized carbons (Fsp3) is 0.267. The van der Waals surface area contributed by atoms with Crippen LogP contribution in [0.25, 0.3) is 0 Å². The Bertz CT molecular complexity index is 614. The molecule has 2 rings (SSSR count). The number of amides is 1. The Balaban J connectivity index is 2.25. The molecule has 0 saturated heterocycles. The van der Waals surface area contributed by atoms with Gasteiger partial charge in [0.15, 0.2) is 0 Å². The first-order valence-corrected chi connectivity index (χ1v) is 6.05. The Morgan fingerprint density at radius 3 is 2.53 bits per heavy atom. The van der Waals surface area contributed by atoms with Gasteiger partial charge in [-0.25, -0.2) is 0 Å². The SMILES string of the molecule is COc1cccc(NC(=O)c2c(C)oc(C)c2C)c1. The van der Waals surface area contributed by atoms with E-state index in [0.717, 1.165) is 11.3 Å². The maximum absolute atomic E-state index is 12.3. The van der Waals surface area contributed by atoms with Crippen molar-refractivity contribution in [3.63, 3.8) is 0 Å². The van der Waals surface area contributed by atoms with E-state index in [1.54, 1.807) is 20.1 Å². The summed E-state index contributed by atoms with van der Waals surface area (Å²) in [7, 11) is 1.59. The molecule has 0 aliphatic rings. The van der Waals surface area contributed by atoms with E-state index < -0.39 is 0 Å². The summed E-state index contributed by atoms with van der Waals surface area (Å²) < 4.78 is 10.6. The zero-order valence-corrected chi connectivity index (χ0v) is 11.5. The fourth-order valence-electron chi connectivity index (χ4n) is 2.02. The number of benzene rings is 1. The number of hydrogen-bond acceptors (Lipinski definition) is 3. The molecule has 1 aromatic heterocycles. The van der Waals surface area contributed by atoms with Crippen LogP contribution in [0.5, 0.6) is 5.75 Å². The fourth-order valence-corrected chi connectivity index (χ4v) is 2.02. The van der Waals surface area contributed by atoms with Gasteiger partial charge in [-0.1, -0.05) is 6.07 Å². The summed E-state index contributed by atoms with van der Waals surface area (Å²) in [6.45, 7) is 5.53. The van der Waals surface area contributed by atoms with Crippen molar-refractivity contribution < 1.29 is 13.9 Å². The summed E-state index contributed by atoms with van der Waals surface area (Å²) >= 11 is 0. The van der Waals surface area contributed by atoms with E-state index in [9.17, 15) is 4.79 Å². The lowest BCUT2D eigenvalue weighted by Crippen LogP contribution is -2.13. The number of nitrogens with one attached hydrogen (secondary N) is 1. The molecule has 0 atom stereocenters. The summed E-state index contributed by atoms with van der Waals surface area (Å²) in [5.74, 6) is 1.94. The molecular weight excluding hydrogens is 242 g/mol. The molecule has 0 aliphatic carbocycles. The van der Waals surface area contributed by atoms with E-state index in [2.05, 4.69) is 5.32 Å². The molecule has 1 amide bonds.